The molecule has 3 N–H and O–H groups in total. The molecule has 0 unspecified atom stereocenters. The number of amides is 3. The summed E-state index contributed by atoms with van der Waals surface area (Å²) in [5, 5.41) is 5.89. The van der Waals surface area contributed by atoms with Gasteiger partial charge in [-0.2, -0.15) is 0 Å². The van der Waals surface area contributed by atoms with Gasteiger partial charge < -0.3 is 25.2 Å². The number of nitrogens with zero attached hydrogens (tertiary/aromatic N) is 1. The lowest BCUT2D eigenvalue weighted by Crippen LogP contribution is -3.11. The van der Waals surface area contributed by atoms with Crippen molar-refractivity contribution in [3.05, 3.63) is 24.3 Å². The first-order chi connectivity index (χ1) is 14.2. The first kappa shape index (κ1) is 21.4. The number of likely N-dealkylation sites (tertiary alicyclic amines) is 1. The largest absolute Gasteiger partial charge is 0.494 e. The molecule has 2 fully saturated rings. The molecule has 7 nitrogen and oxygen atoms in total. The number of urea groups is 1. The molecule has 0 radical (unpaired) electrons. The molecule has 2 heterocycles. The van der Waals surface area contributed by atoms with Crippen LogP contribution in [0.1, 0.15) is 45.4 Å². The highest BCUT2D eigenvalue weighted by Crippen LogP contribution is 2.24. The molecule has 0 aliphatic carbocycles. The zero-order chi connectivity index (χ0) is 20.5. The van der Waals surface area contributed by atoms with Gasteiger partial charge >= 0.3 is 6.03 Å². The van der Waals surface area contributed by atoms with Gasteiger partial charge in [-0.25, -0.2) is 4.79 Å². The van der Waals surface area contributed by atoms with Crippen LogP contribution in [0.4, 0.5) is 10.5 Å². The molecule has 1 aromatic rings. The standard InChI is InChI=1S/C22H34N4O3/c1-2-29-20-10-8-19(9-11-20)26-17-18(16-21(26)27)24-22(28)23-12-7-15-25-13-5-3-4-6-14-25/h8-11,18H,2-7,12-17H2,1H3,(H2,23,24,28)/p+1/t18-/m1/s1. The minimum Gasteiger partial charge on any atom is -0.494 e. The van der Waals surface area contributed by atoms with Crippen LogP contribution < -0.4 is 25.2 Å². The number of benzene rings is 1. The highest BCUT2D eigenvalue weighted by molar-refractivity contribution is 5.96. The van der Waals surface area contributed by atoms with Gasteiger partial charge in [0.25, 0.3) is 0 Å². The lowest BCUT2D eigenvalue weighted by molar-refractivity contribution is -0.899. The molecule has 3 rings (SSSR count). The van der Waals surface area contributed by atoms with Gasteiger partial charge in [0, 0.05) is 31.6 Å². The summed E-state index contributed by atoms with van der Waals surface area (Å²) >= 11 is 0. The maximum Gasteiger partial charge on any atom is 0.315 e. The first-order valence-electron chi connectivity index (χ1n) is 11.1. The van der Waals surface area contributed by atoms with Crippen LogP contribution >= 0.6 is 0 Å². The summed E-state index contributed by atoms with van der Waals surface area (Å²) in [6.45, 7) is 7.37. The van der Waals surface area contributed by atoms with Crippen LogP contribution in [0.25, 0.3) is 0 Å². The van der Waals surface area contributed by atoms with Crippen molar-refractivity contribution in [2.45, 2.75) is 51.5 Å². The topological polar surface area (TPSA) is 75.1 Å². The van der Waals surface area contributed by atoms with Gasteiger partial charge in [0.1, 0.15) is 5.75 Å². The Balaban J connectivity index is 1.37. The van der Waals surface area contributed by atoms with Crippen LogP contribution in [0.15, 0.2) is 24.3 Å². The lowest BCUT2D eigenvalue weighted by atomic mass is 10.2. The molecule has 2 aliphatic heterocycles. The van der Waals surface area contributed by atoms with E-state index in [1.165, 1.54) is 38.8 Å². The number of nitrogens with one attached hydrogen (secondary N) is 3. The van der Waals surface area contributed by atoms with Crippen molar-refractivity contribution in [2.75, 3.05) is 44.2 Å². The van der Waals surface area contributed by atoms with E-state index < -0.39 is 0 Å². The third-order valence-corrected chi connectivity index (χ3v) is 5.72. The highest BCUT2D eigenvalue weighted by Gasteiger charge is 2.31. The number of anilines is 1. The van der Waals surface area contributed by atoms with Crippen molar-refractivity contribution in [2.24, 2.45) is 0 Å². The van der Waals surface area contributed by atoms with Crippen LogP contribution in [0, 0.1) is 0 Å². The third kappa shape index (κ3) is 6.63. The molecule has 29 heavy (non-hydrogen) atoms. The second-order valence-corrected chi connectivity index (χ2v) is 8.00. The fraction of sp³-hybridized carbons (Fsp3) is 0.636. The fourth-order valence-electron chi connectivity index (χ4n) is 4.20. The van der Waals surface area contributed by atoms with E-state index in [0.29, 0.717) is 26.1 Å². The van der Waals surface area contributed by atoms with Crippen molar-refractivity contribution in [1.82, 2.24) is 10.6 Å². The van der Waals surface area contributed by atoms with Gasteiger partial charge in [0.15, 0.2) is 0 Å². The summed E-state index contributed by atoms with van der Waals surface area (Å²) in [4.78, 5) is 27.9. The van der Waals surface area contributed by atoms with Gasteiger partial charge in [-0.3, -0.25) is 4.79 Å². The molecule has 0 aromatic heterocycles. The Kier molecular flexibility index (Phi) is 8.16. The van der Waals surface area contributed by atoms with E-state index in [2.05, 4.69) is 10.6 Å². The van der Waals surface area contributed by atoms with Crippen molar-refractivity contribution in [3.8, 4) is 5.75 Å². The summed E-state index contributed by atoms with van der Waals surface area (Å²) in [5.74, 6) is 0.822. The van der Waals surface area contributed by atoms with E-state index in [1.807, 2.05) is 31.2 Å². The molecule has 7 heteroatoms. The predicted molar refractivity (Wildman–Crippen MR) is 114 cm³/mol. The number of ether oxygens (including phenoxy) is 1. The number of carbonyl (C=O) groups excluding carboxylic acids is 2. The zero-order valence-corrected chi connectivity index (χ0v) is 17.5. The Bertz CT molecular complexity index is 657. The molecule has 1 atom stereocenters. The maximum absolute atomic E-state index is 12.4. The number of rotatable bonds is 8. The predicted octanol–water partition coefficient (Wildman–Crippen LogP) is 1.34. The summed E-state index contributed by atoms with van der Waals surface area (Å²) in [7, 11) is 0. The number of carbonyl (C=O) groups is 2. The molecule has 0 spiro atoms. The average Bonchev–Trinajstić information content (AvgIpc) is 2.91. The maximum atomic E-state index is 12.4. The second-order valence-electron chi connectivity index (χ2n) is 8.00. The first-order valence-corrected chi connectivity index (χ1v) is 11.1. The van der Waals surface area contributed by atoms with Crippen LogP contribution in [0.3, 0.4) is 0 Å². The molecule has 3 amide bonds. The average molecular weight is 404 g/mol. The molecule has 1 aromatic carbocycles. The third-order valence-electron chi connectivity index (χ3n) is 5.72. The second kappa shape index (κ2) is 11.0. The van der Waals surface area contributed by atoms with Crippen molar-refractivity contribution >= 4 is 17.6 Å². The minimum atomic E-state index is -0.179. The zero-order valence-electron chi connectivity index (χ0n) is 17.5. The van der Waals surface area contributed by atoms with Crippen LogP contribution in [-0.4, -0.2) is 57.3 Å². The molecular weight excluding hydrogens is 368 g/mol. The van der Waals surface area contributed by atoms with E-state index in [9.17, 15) is 9.59 Å². The monoisotopic (exact) mass is 403 g/mol. The van der Waals surface area contributed by atoms with Crippen molar-refractivity contribution in [3.63, 3.8) is 0 Å². The number of hydrogen-bond donors (Lipinski definition) is 3. The van der Waals surface area contributed by atoms with E-state index in [-0.39, 0.29) is 18.0 Å². The quantitative estimate of drug-likeness (QED) is 0.574. The molecule has 2 saturated heterocycles. The Morgan fingerprint density at radius 3 is 2.59 bits per heavy atom. The molecule has 0 bridgehead atoms. The van der Waals surface area contributed by atoms with Crippen LogP contribution in [-0.2, 0) is 4.79 Å². The van der Waals surface area contributed by atoms with Crippen molar-refractivity contribution < 1.29 is 19.2 Å². The van der Waals surface area contributed by atoms with Gasteiger partial charge in [-0.15, -0.1) is 0 Å². The fourth-order valence-corrected chi connectivity index (χ4v) is 4.20. The van der Waals surface area contributed by atoms with E-state index in [1.54, 1.807) is 9.80 Å². The normalized spacial score (nSPS) is 20.4. The highest BCUT2D eigenvalue weighted by atomic mass is 16.5. The van der Waals surface area contributed by atoms with Gasteiger partial charge in [-0.1, -0.05) is 0 Å². The number of hydrogen-bond acceptors (Lipinski definition) is 3. The number of quaternary nitrogens is 1. The Morgan fingerprint density at radius 2 is 1.90 bits per heavy atom. The van der Waals surface area contributed by atoms with E-state index in [4.69, 9.17) is 4.74 Å². The van der Waals surface area contributed by atoms with E-state index in [0.717, 1.165) is 24.4 Å². The summed E-state index contributed by atoms with van der Waals surface area (Å²) in [6, 6.07) is 7.16. The Morgan fingerprint density at radius 1 is 1.17 bits per heavy atom. The van der Waals surface area contributed by atoms with Gasteiger partial charge in [-0.05, 0) is 56.9 Å². The minimum absolute atomic E-state index is 0.0317. The van der Waals surface area contributed by atoms with Crippen LogP contribution in [0.5, 0.6) is 5.75 Å². The Hall–Kier alpha value is -2.28. The van der Waals surface area contributed by atoms with Gasteiger partial charge in [0.2, 0.25) is 5.91 Å². The Labute approximate surface area is 173 Å². The van der Waals surface area contributed by atoms with Crippen LogP contribution in [0.2, 0.25) is 0 Å². The summed E-state index contributed by atoms with van der Waals surface area (Å²) < 4.78 is 5.45. The van der Waals surface area contributed by atoms with Gasteiger partial charge in [0.05, 0.1) is 32.3 Å². The SMILES string of the molecule is CCOc1ccc(N2C[C@H](NC(=O)NCCC[NH+]3CCCCCC3)CC2=O)cc1. The smallest absolute Gasteiger partial charge is 0.315 e. The summed E-state index contributed by atoms with van der Waals surface area (Å²) in [6.07, 6.45) is 6.69. The molecule has 2 aliphatic rings. The summed E-state index contributed by atoms with van der Waals surface area (Å²) in [5.41, 5.74) is 0.837. The molecular formula is C22H35N4O3+. The lowest BCUT2D eigenvalue weighted by Gasteiger charge is -2.18. The van der Waals surface area contributed by atoms with E-state index >= 15 is 0 Å². The molecule has 0 saturated carbocycles. The van der Waals surface area contributed by atoms with Crippen molar-refractivity contribution in [1.29, 1.82) is 0 Å². The molecule has 160 valence electrons.